The Balaban J connectivity index is 2.01. The second kappa shape index (κ2) is 10.4. The van der Waals surface area contributed by atoms with Gasteiger partial charge in [0.2, 0.25) is 5.91 Å². The number of nitrogens with one attached hydrogen (secondary N) is 2. The summed E-state index contributed by atoms with van der Waals surface area (Å²) in [6.07, 6.45) is 7.03. The number of hydrogen-bond donors (Lipinski definition) is 2. The minimum absolute atomic E-state index is 0.0150. The molecule has 2 aliphatic rings. The van der Waals surface area contributed by atoms with Crippen LogP contribution in [0, 0.1) is 5.92 Å². The highest BCUT2D eigenvalue weighted by Crippen LogP contribution is 2.28. The number of carbonyl (C=O) groups is 2. The Morgan fingerprint density at radius 3 is 2.80 bits per heavy atom. The fourth-order valence-electron chi connectivity index (χ4n) is 4.02. The van der Waals surface area contributed by atoms with Gasteiger partial charge in [-0.05, 0) is 56.7 Å². The molecule has 7 heteroatoms. The van der Waals surface area contributed by atoms with E-state index in [2.05, 4.69) is 22.5 Å². The summed E-state index contributed by atoms with van der Waals surface area (Å²) < 4.78 is 4.87. The maximum atomic E-state index is 13.0. The smallest absolute Gasteiger partial charge is 0.328 e. The van der Waals surface area contributed by atoms with Crippen LogP contribution in [0.3, 0.4) is 0 Å². The van der Waals surface area contributed by atoms with Crippen LogP contribution in [0.5, 0.6) is 0 Å². The zero-order valence-electron chi connectivity index (χ0n) is 15.8. The number of carbonyl (C=O) groups excluding carboxylic acids is 2. The molecule has 2 rings (SSSR count). The van der Waals surface area contributed by atoms with Crippen LogP contribution in [0.25, 0.3) is 0 Å². The number of amides is 1. The van der Waals surface area contributed by atoms with Gasteiger partial charge in [-0.15, -0.1) is 0 Å². The Morgan fingerprint density at radius 1 is 1.40 bits per heavy atom. The summed E-state index contributed by atoms with van der Waals surface area (Å²) in [5.41, 5.74) is 0. The average Bonchev–Trinajstić information content (AvgIpc) is 3.27. The molecule has 144 valence electrons. The summed E-state index contributed by atoms with van der Waals surface area (Å²) in [7, 11) is 1.38. The quantitative estimate of drug-likeness (QED) is 0.595. The highest BCUT2D eigenvalue weighted by Gasteiger charge is 2.40. The molecule has 0 saturated carbocycles. The van der Waals surface area contributed by atoms with E-state index < -0.39 is 6.04 Å². The van der Waals surface area contributed by atoms with E-state index in [4.69, 9.17) is 4.74 Å². The zero-order chi connectivity index (χ0) is 18.2. The first-order chi connectivity index (χ1) is 12.1. The highest BCUT2D eigenvalue weighted by molar-refractivity contribution is 7.98. The van der Waals surface area contributed by atoms with Crippen LogP contribution in [-0.2, 0) is 14.3 Å². The van der Waals surface area contributed by atoms with Gasteiger partial charge in [0.1, 0.15) is 6.04 Å². The minimum atomic E-state index is -0.547. The van der Waals surface area contributed by atoms with Crippen molar-refractivity contribution in [1.29, 1.82) is 0 Å². The number of rotatable bonds is 9. The van der Waals surface area contributed by atoms with Crippen LogP contribution in [0.4, 0.5) is 0 Å². The monoisotopic (exact) mass is 371 g/mol. The van der Waals surface area contributed by atoms with Gasteiger partial charge < -0.3 is 15.4 Å². The molecule has 2 heterocycles. The maximum Gasteiger partial charge on any atom is 0.328 e. The second-order valence-corrected chi connectivity index (χ2v) is 8.04. The lowest BCUT2D eigenvalue weighted by atomic mass is 9.96. The van der Waals surface area contributed by atoms with Gasteiger partial charge >= 0.3 is 5.97 Å². The van der Waals surface area contributed by atoms with Crippen LogP contribution in [0.15, 0.2) is 0 Å². The number of esters is 1. The van der Waals surface area contributed by atoms with Crippen molar-refractivity contribution in [2.24, 2.45) is 5.92 Å². The largest absolute Gasteiger partial charge is 0.467 e. The Labute approximate surface area is 155 Å². The molecule has 6 nitrogen and oxygen atoms in total. The van der Waals surface area contributed by atoms with E-state index in [9.17, 15) is 9.59 Å². The lowest BCUT2D eigenvalue weighted by Crippen LogP contribution is -2.53. The number of hydrogen-bond acceptors (Lipinski definition) is 6. The molecule has 0 aromatic carbocycles. The molecule has 25 heavy (non-hydrogen) atoms. The molecule has 1 amide bonds. The molecule has 0 aliphatic carbocycles. The van der Waals surface area contributed by atoms with E-state index in [1.54, 1.807) is 11.8 Å². The van der Waals surface area contributed by atoms with Gasteiger partial charge in [0, 0.05) is 12.6 Å². The van der Waals surface area contributed by atoms with Crippen molar-refractivity contribution in [3.8, 4) is 0 Å². The Kier molecular flexibility index (Phi) is 8.52. The van der Waals surface area contributed by atoms with Crippen molar-refractivity contribution in [2.45, 2.75) is 57.2 Å². The predicted octanol–water partition coefficient (Wildman–Crippen LogP) is 1.25. The Bertz CT molecular complexity index is 443. The maximum absolute atomic E-state index is 13.0. The second-order valence-electron chi connectivity index (χ2n) is 7.06. The van der Waals surface area contributed by atoms with Crippen molar-refractivity contribution < 1.29 is 14.3 Å². The summed E-state index contributed by atoms with van der Waals surface area (Å²) in [6, 6.07) is -0.192. The van der Waals surface area contributed by atoms with E-state index in [0.29, 0.717) is 18.4 Å². The Morgan fingerprint density at radius 2 is 2.20 bits per heavy atom. The van der Waals surface area contributed by atoms with Crippen LogP contribution in [0.2, 0.25) is 0 Å². The van der Waals surface area contributed by atoms with Gasteiger partial charge in [-0.3, -0.25) is 9.69 Å². The zero-order valence-corrected chi connectivity index (χ0v) is 16.6. The van der Waals surface area contributed by atoms with Crippen LogP contribution < -0.4 is 10.6 Å². The van der Waals surface area contributed by atoms with Gasteiger partial charge in [0.15, 0.2) is 0 Å². The minimum Gasteiger partial charge on any atom is -0.467 e. The van der Waals surface area contributed by atoms with E-state index in [1.807, 2.05) is 6.26 Å². The number of methoxy groups -OCH3 is 1. The summed E-state index contributed by atoms with van der Waals surface area (Å²) in [5, 5.41) is 6.50. The molecular weight excluding hydrogens is 338 g/mol. The van der Waals surface area contributed by atoms with Crippen LogP contribution in [-0.4, -0.2) is 73.7 Å². The van der Waals surface area contributed by atoms with E-state index in [1.165, 1.54) is 20.0 Å². The number of ether oxygens (including phenoxy) is 1. The van der Waals surface area contributed by atoms with Crippen molar-refractivity contribution >= 4 is 23.6 Å². The van der Waals surface area contributed by atoms with Crippen molar-refractivity contribution in [3.05, 3.63) is 0 Å². The summed E-state index contributed by atoms with van der Waals surface area (Å²) in [4.78, 5) is 27.3. The number of thioether (sulfide) groups is 1. The fraction of sp³-hybridized carbons (Fsp3) is 0.889. The molecule has 2 N–H and O–H groups in total. The van der Waals surface area contributed by atoms with Crippen LogP contribution >= 0.6 is 11.8 Å². The van der Waals surface area contributed by atoms with Crippen molar-refractivity contribution in [3.63, 3.8) is 0 Å². The van der Waals surface area contributed by atoms with E-state index in [-0.39, 0.29) is 17.9 Å². The third-order valence-corrected chi connectivity index (χ3v) is 6.09. The first kappa shape index (κ1) is 20.5. The summed E-state index contributed by atoms with van der Waals surface area (Å²) in [6.45, 7) is 5.10. The molecule has 0 aromatic heterocycles. The van der Waals surface area contributed by atoms with Gasteiger partial charge in [-0.1, -0.05) is 13.3 Å². The lowest BCUT2D eigenvalue weighted by molar-refractivity contribution is -0.145. The molecule has 0 bridgehead atoms. The normalized spacial score (nSPS) is 28.0. The molecule has 2 unspecified atom stereocenters. The molecule has 2 saturated heterocycles. The van der Waals surface area contributed by atoms with Gasteiger partial charge in [0.05, 0.1) is 13.2 Å². The van der Waals surface area contributed by atoms with Gasteiger partial charge in [-0.25, -0.2) is 4.79 Å². The molecule has 2 fully saturated rings. The summed E-state index contributed by atoms with van der Waals surface area (Å²) in [5.74, 6) is 0.814. The predicted molar refractivity (Wildman–Crippen MR) is 102 cm³/mol. The van der Waals surface area contributed by atoms with E-state index >= 15 is 0 Å². The number of likely N-dealkylation sites (tertiary alicyclic amines) is 1. The third kappa shape index (κ3) is 5.59. The number of nitrogens with zero attached hydrogens (tertiary/aromatic N) is 1. The molecule has 0 aromatic rings. The first-order valence-electron chi connectivity index (χ1n) is 9.45. The summed E-state index contributed by atoms with van der Waals surface area (Å²) >= 11 is 1.67. The van der Waals surface area contributed by atoms with Crippen molar-refractivity contribution in [2.75, 3.05) is 38.8 Å². The highest BCUT2D eigenvalue weighted by atomic mass is 32.2. The molecule has 0 radical (unpaired) electrons. The molecule has 2 aliphatic heterocycles. The standard InChI is InChI=1S/C18H33N3O3S/c1-4-13-7-10-21(12-14-6-5-9-19-14)16(13)17(22)20-15(8-11-25-3)18(23)24-2/h13-16,19H,4-12H2,1-3H3,(H,20,22)/t13-,14-,15?,16?/m0/s1. The van der Waals surface area contributed by atoms with E-state index in [0.717, 1.165) is 38.2 Å². The fourth-order valence-corrected chi connectivity index (χ4v) is 4.49. The van der Waals surface area contributed by atoms with Crippen molar-refractivity contribution in [1.82, 2.24) is 15.5 Å². The van der Waals surface area contributed by atoms with Gasteiger partial charge in [0.25, 0.3) is 0 Å². The molecular formula is C18H33N3O3S. The average molecular weight is 372 g/mol. The van der Waals surface area contributed by atoms with Crippen LogP contribution in [0.1, 0.15) is 39.0 Å². The van der Waals surface area contributed by atoms with Gasteiger partial charge in [-0.2, -0.15) is 11.8 Å². The first-order valence-corrected chi connectivity index (χ1v) is 10.8. The SMILES string of the molecule is CC[C@H]1CCN(C[C@@H]2CCCN2)C1C(=O)NC(CCSC)C(=O)OC. The lowest BCUT2D eigenvalue weighted by Gasteiger charge is -2.30. The topological polar surface area (TPSA) is 70.7 Å². The molecule has 4 atom stereocenters. The Hall–Kier alpha value is -0.790. The third-order valence-electron chi connectivity index (χ3n) is 5.45. The molecule has 0 spiro atoms.